The predicted octanol–water partition coefficient (Wildman–Crippen LogP) is 0.367. The van der Waals surface area contributed by atoms with E-state index in [0.717, 1.165) is 30.8 Å². The van der Waals surface area contributed by atoms with Crippen molar-refractivity contribution in [2.24, 2.45) is 0 Å². The van der Waals surface area contributed by atoms with E-state index in [0.29, 0.717) is 5.69 Å². The summed E-state index contributed by atoms with van der Waals surface area (Å²) in [6.07, 6.45) is 2.47. The molecule has 0 amide bonds. The maximum Gasteiger partial charge on any atom is 0.168 e. The molecule has 0 radical (unpaired) electrons. The predicted molar refractivity (Wildman–Crippen MR) is 45.0 cm³/mol. The molecular formula is C8H9N3O. The Bertz CT molecular complexity index is 311. The van der Waals surface area contributed by atoms with Crippen LogP contribution in [0.4, 0.5) is 5.69 Å². The van der Waals surface area contributed by atoms with Gasteiger partial charge in [-0.05, 0) is 6.07 Å². The van der Waals surface area contributed by atoms with Crippen molar-refractivity contribution < 1.29 is 4.79 Å². The van der Waals surface area contributed by atoms with Crippen LogP contribution in [0.2, 0.25) is 0 Å². The van der Waals surface area contributed by atoms with Crippen molar-refractivity contribution in [3.05, 3.63) is 23.5 Å². The molecule has 2 rings (SSSR count). The minimum atomic E-state index is 0.475. The third kappa shape index (κ3) is 1.16. The summed E-state index contributed by atoms with van der Waals surface area (Å²) in [7, 11) is 0. The Labute approximate surface area is 70.0 Å². The van der Waals surface area contributed by atoms with E-state index in [9.17, 15) is 4.79 Å². The van der Waals surface area contributed by atoms with E-state index in [1.807, 2.05) is 0 Å². The van der Waals surface area contributed by atoms with Crippen LogP contribution in [-0.2, 0) is 6.54 Å². The van der Waals surface area contributed by atoms with Gasteiger partial charge in [-0.2, -0.15) is 0 Å². The number of pyridine rings is 1. The van der Waals surface area contributed by atoms with Crippen molar-refractivity contribution in [1.29, 1.82) is 0 Å². The minimum absolute atomic E-state index is 0.475. The van der Waals surface area contributed by atoms with Crippen molar-refractivity contribution in [2.45, 2.75) is 6.54 Å². The fraction of sp³-hybridized carbons (Fsp3) is 0.250. The number of nitrogens with one attached hydrogen (secondary N) is 2. The first-order valence-corrected chi connectivity index (χ1v) is 3.79. The summed E-state index contributed by atoms with van der Waals surface area (Å²) in [5, 5.41) is 6.27. The van der Waals surface area contributed by atoms with Crippen molar-refractivity contribution in [3.8, 4) is 0 Å². The fourth-order valence-electron chi connectivity index (χ4n) is 1.22. The third-order valence-corrected chi connectivity index (χ3v) is 1.85. The Morgan fingerprint density at radius 1 is 1.58 bits per heavy atom. The zero-order valence-corrected chi connectivity index (χ0v) is 6.50. The number of carbonyl (C=O) groups excluding carboxylic acids is 1. The molecule has 0 atom stereocenters. The molecule has 12 heavy (non-hydrogen) atoms. The van der Waals surface area contributed by atoms with Gasteiger partial charge in [0.25, 0.3) is 0 Å². The number of hydrogen-bond acceptors (Lipinski definition) is 4. The van der Waals surface area contributed by atoms with E-state index < -0.39 is 0 Å². The second-order valence-corrected chi connectivity index (χ2v) is 2.66. The van der Waals surface area contributed by atoms with E-state index >= 15 is 0 Å². The maximum atomic E-state index is 10.4. The SMILES string of the molecule is O=Cc1cc2c(cn1)CNCN2. The number of aldehydes is 1. The molecule has 0 saturated carbocycles. The molecule has 0 spiro atoms. The lowest BCUT2D eigenvalue weighted by atomic mass is 10.2. The summed E-state index contributed by atoms with van der Waals surface area (Å²) in [5.74, 6) is 0. The van der Waals surface area contributed by atoms with Crippen molar-refractivity contribution in [3.63, 3.8) is 0 Å². The summed E-state index contributed by atoms with van der Waals surface area (Å²) in [6, 6.07) is 1.77. The molecule has 2 N–H and O–H groups in total. The van der Waals surface area contributed by atoms with Gasteiger partial charge in [0.1, 0.15) is 5.69 Å². The molecule has 0 unspecified atom stereocenters. The number of anilines is 1. The molecule has 62 valence electrons. The highest BCUT2D eigenvalue weighted by Crippen LogP contribution is 2.16. The highest BCUT2D eigenvalue weighted by atomic mass is 16.1. The lowest BCUT2D eigenvalue weighted by Gasteiger charge is -2.18. The highest BCUT2D eigenvalue weighted by Gasteiger charge is 2.07. The Hall–Kier alpha value is -1.42. The molecule has 0 aromatic carbocycles. The third-order valence-electron chi connectivity index (χ3n) is 1.85. The molecule has 1 aliphatic rings. The van der Waals surface area contributed by atoms with Gasteiger partial charge in [0.15, 0.2) is 6.29 Å². The summed E-state index contributed by atoms with van der Waals surface area (Å²) in [5.41, 5.74) is 2.58. The van der Waals surface area contributed by atoms with E-state index in [1.54, 1.807) is 12.3 Å². The van der Waals surface area contributed by atoms with Gasteiger partial charge >= 0.3 is 0 Å². The number of rotatable bonds is 1. The van der Waals surface area contributed by atoms with E-state index in [1.165, 1.54) is 0 Å². The van der Waals surface area contributed by atoms with Gasteiger partial charge in [-0.15, -0.1) is 0 Å². The smallest absolute Gasteiger partial charge is 0.168 e. The second kappa shape index (κ2) is 2.91. The van der Waals surface area contributed by atoms with Gasteiger partial charge in [0.05, 0.1) is 6.67 Å². The monoisotopic (exact) mass is 163 g/mol. The molecule has 4 nitrogen and oxygen atoms in total. The minimum Gasteiger partial charge on any atom is -0.372 e. The van der Waals surface area contributed by atoms with Gasteiger partial charge in [-0.1, -0.05) is 0 Å². The summed E-state index contributed by atoms with van der Waals surface area (Å²) in [4.78, 5) is 14.3. The molecule has 2 heterocycles. The van der Waals surface area contributed by atoms with Crippen LogP contribution in [0.25, 0.3) is 0 Å². The fourth-order valence-corrected chi connectivity index (χ4v) is 1.22. The number of fused-ring (bicyclic) bond motifs is 1. The topological polar surface area (TPSA) is 54.0 Å². The summed E-state index contributed by atoms with van der Waals surface area (Å²) in [6.45, 7) is 1.56. The van der Waals surface area contributed by atoms with Crippen LogP contribution < -0.4 is 10.6 Å². The lowest BCUT2D eigenvalue weighted by Crippen LogP contribution is -2.27. The van der Waals surface area contributed by atoms with Crippen LogP contribution in [0.15, 0.2) is 12.3 Å². The maximum absolute atomic E-state index is 10.4. The standard InChI is InChI=1S/C8H9N3O/c12-4-7-1-8-6(3-10-7)2-9-5-11-8/h1,3-4,9,11H,2,5H2. The Balaban J connectivity index is 2.42. The highest BCUT2D eigenvalue weighted by molar-refractivity contribution is 5.74. The van der Waals surface area contributed by atoms with Crippen LogP contribution >= 0.6 is 0 Å². The molecule has 1 aliphatic heterocycles. The van der Waals surface area contributed by atoms with Gasteiger partial charge in [-0.3, -0.25) is 15.1 Å². The second-order valence-electron chi connectivity index (χ2n) is 2.66. The van der Waals surface area contributed by atoms with Crippen LogP contribution in [0.1, 0.15) is 16.1 Å². The molecular weight excluding hydrogens is 154 g/mol. The Morgan fingerprint density at radius 2 is 2.50 bits per heavy atom. The number of hydrogen-bond donors (Lipinski definition) is 2. The first-order chi connectivity index (χ1) is 5.90. The largest absolute Gasteiger partial charge is 0.372 e. The molecule has 0 saturated heterocycles. The first kappa shape index (κ1) is 7.24. The molecule has 1 aromatic heterocycles. The molecule has 1 aromatic rings. The number of nitrogens with zero attached hydrogens (tertiary/aromatic N) is 1. The van der Waals surface area contributed by atoms with E-state index in [2.05, 4.69) is 15.6 Å². The van der Waals surface area contributed by atoms with Crippen LogP contribution in [0.5, 0.6) is 0 Å². The quantitative estimate of drug-likeness (QED) is 0.587. The lowest BCUT2D eigenvalue weighted by molar-refractivity contribution is 0.111. The van der Waals surface area contributed by atoms with Gasteiger partial charge < -0.3 is 5.32 Å². The van der Waals surface area contributed by atoms with Crippen LogP contribution in [0.3, 0.4) is 0 Å². The average Bonchev–Trinajstić information content (AvgIpc) is 2.17. The van der Waals surface area contributed by atoms with Gasteiger partial charge in [0, 0.05) is 24.0 Å². The summed E-state index contributed by atoms with van der Waals surface area (Å²) >= 11 is 0. The molecule has 4 heteroatoms. The van der Waals surface area contributed by atoms with Crippen LogP contribution in [-0.4, -0.2) is 17.9 Å². The zero-order chi connectivity index (χ0) is 8.39. The van der Waals surface area contributed by atoms with E-state index in [-0.39, 0.29) is 0 Å². The number of carbonyl (C=O) groups is 1. The first-order valence-electron chi connectivity index (χ1n) is 3.79. The molecule has 0 bridgehead atoms. The van der Waals surface area contributed by atoms with E-state index in [4.69, 9.17) is 0 Å². The van der Waals surface area contributed by atoms with Crippen molar-refractivity contribution in [1.82, 2.24) is 10.3 Å². The molecule has 0 fully saturated rings. The van der Waals surface area contributed by atoms with Crippen molar-refractivity contribution in [2.75, 3.05) is 12.0 Å². The summed E-state index contributed by atoms with van der Waals surface area (Å²) < 4.78 is 0. The average molecular weight is 163 g/mol. The zero-order valence-electron chi connectivity index (χ0n) is 6.50. The molecule has 0 aliphatic carbocycles. The normalized spacial score (nSPS) is 14.7. The van der Waals surface area contributed by atoms with Crippen LogP contribution in [0, 0.1) is 0 Å². The van der Waals surface area contributed by atoms with Crippen molar-refractivity contribution >= 4 is 12.0 Å². The van der Waals surface area contributed by atoms with Gasteiger partial charge in [-0.25, -0.2) is 0 Å². The van der Waals surface area contributed by atoms with Gasteiger partial charge in [0.2, 0.25) is 0 Å². The number of aromatic nitrogens is 1. The Kier molecular flexibility index (Phi) is 1.75. The Morgan fingerprint density at radius 3 is 3.33 bits per heavy atom.